The molecule has 0 saturated carbocycles. The molecular weight excluding hydrogens is 585 g/mol. The lowest BCUT2D eigenvalue weighted by atomic mass is 9.99. The molecule has 0 aliphatic carbocycles. The van der Waals surface area contributed by atoms with E-state index in [2.05, 4.69) is 49.2 Å². The van der Waals surface area contributed by atoms with Crippen molar-refractivity contribution in [3.05, 3.63) is 110 Å². The lowest BCUT2D eigenvalue weighted by Crippen LogP contribution is -2.03. The Bertz CT molecular complexity index is 1450. The van der Waals surface area contributed by atoms with Gasteiger partial charge in [-0.2, -0.15) is 0 Å². The zero-order valence-corrected chi connectivity index (χ0v) is 27.1. The highest BCUT2D eigenvalue weighted by molar-refractivity contribution is 7.21. The van der Waals surface area contributed by atoms with Gasteiger partial charge in [-0.25, -0.2) is 0 Å². The van der Waals surface area contributed by atoms with Gasteiger partial charge in [-0.3, -0.25) is 0 Å². The molecule has 0 aliphatic rings. The molecule has 4 nitrogen and oxygen atoms in total. The van der Waals surface area contributed by atoms with E-state index in [9.17, 15) is 0 Å². The zero-order chi connectivity index (χ0) is 31.0. The van der Waals surface area contributed by atoms with Crippen molar-refractivity contribution in [3.8, 4) is 55.0 Å². The first-order chi connectivity index (χ1) is 21.7. The standard InChI is InChI=1S/C38H42O4S2/c1-5-9-13-25-41-33-19-16-20-34(42-26-14-10-6-2)36(33)30-22-28-44-38(30)37-29(21-27-43-37)35-31(39-23-11-7-3)17-15-18-32(35)40-24-12-8-4/h5-8,15-22,27-28H,1-4,9-14,23-26H2. The van der Waals surface area contributed by atoms with Crippen molar-refractivity contribution < 1.29 is 18.9 Å². The van der Waals surface area contributed by atoms with Crippen molar-refractivity contribution in [2.75, 3.05) is 26.4 Å². The SMILES string of the molecule is C=CCCCOc1cccc(OCCCC=C)c1-c1ccsc1-c1sccc1-c1c(OCCC=C)cccc1OCCC=C. The molecule has 0 bridgehead atoms. The molecule has 0 saturated heterocycles. The Morgan fingerprint density at radius 2 is 0.841 bits per heavy atom. The van der Waals surface area contributed by atoms with Crippen LogP contribution in [0.5, 0.6) is 23.0 Å². The smallest absolute Gasteiger partial charge is 0.130 e. The Labute approximate surface area is 270 Å². The number of hydrogen-bond acceptors (Lipinski definition) is 6. The topological polar surface area (TPSA) is 36.9 Å². The van der Waals surface area contributed by atoms with Crippen molar-refractivity contribution in [1.82, 2.24) is 0 Å². The fourth-order valence-corrected chi connectivity index (χ4v) is 6.72. The van der Waals surface area contributed by atoms with Gasteiger partial charge in [0.05, 0.1) is 47.3 Å². The third kappa shape index (κ3) is 8.55. The summed E-state index contributed by atoms with van der Waals surface area (Å²) in [7, 11) is 0. The molecule has 0 spiro atoms. The van der Waals surface area contributed by atoms with Gasteiger partial charge < -0.3 is 18.9 Å². The molecule has 6 heteroatoms. The molecule has 0 atom stereocenters. The van der Waals surface area contributed by atoms with E-state index in [1.807, 2.05) is 60.7 Å². The summed E-state index contributed by atoms with van der Waals surface area (Å²) >= 11 is 3.42. The van der Waals surface area contributed by atoms with Gasteiger partial charge in [0.1, 0.15) is 23.0 Å². The fourth-order valence-electron chi connectivity index (χ4n) is 4.72. The first-order valence-corrected chi connectivity index (χ1v) is 16.9. The molecular formula is C38H42O4S2. The summed E-state index contributed by atoms with van der Waals surface area (Å²) in [6.07, 6.45) is 12.7. The van der Waals surface area contributed by atoms with E-state index in [1.54, 1.807) is 22.7 Å². The highest BCUT2D eigenvalue weighted by atomic mass is 32.1. The summed E-state index contributed by atoms with van der Waals surface area (Å²) in [5.41, 5.74) is 4.07. The first kappa shape index (κ1) is 32.9. The highest BCUT2D eigenvalue weighted by Gasteiger charge is 2.24. The van der Waals surface area contributed by atoms with E-state index in [1.165, 1.54) is 0 Å². The number of unbranched alkanes of at least 4 members (excludes halogenated alkanes) is 2. The molecule has 4 aromatic rings. The summed E-state index contributed by atoms with van der Waals surface area (Å²) in [6, 6.07) is 16.4. The highest BCUT2D eigenvalue weighted by Crippen LogP contribution is 2.52. The molecule has 2 aromatic heterocycles. The number of ether oxygens (including phenoxy) is 4. The molecule has 0 N–H and O–H groups in total. The quantitative estimate of drug-likeness (QED) is 0.0681. The number of benzene rings is 2. The van der Waals surface area contributed by atoms with E-state index < -0.39 is 0 Å². The summed E-state index contributed by atoms with van der Waals surface area (Å²) in [4.78, 5) is 2.29. The van der Waals surface area contributed by atoms with Crippen LogP contribution < -0.4 is 18.9 Å². The van der Waals surface area contributed by atoms with Crippen LogP contribution in [-0.2, 0) is 0 Å². The summed E-state index contributed by atoms with van der Waals surface area (Å²) in [5.74, 6) is 3.21. The zero-order valence-electron chi connectivity index (χ0n) is 25.4. The predicted octanol–water partition coefficient (Wildman–Crippen LogP) is 11.4. The van der Waals surface area contributed by atoms with E-state index in [-0.39, 0.29) is 0 Å². The number of allylic oxidation sites excluding steroid dienone is 2. The van der Waals surface area contributed by atoms with Crippen molar-refractivity contribution >= 4 is 22.7 Å². The molecule has 2 aromatic carbocycles. The molecule has 2 heterocycles. The van der Waals surface area contributed by atoms with Gasteiger partial charge in [0.2, 0.25) is 0 Å². The number of hydrogen-bond donors (Lipinski definition) is 0. The van der Waals surface area contributed by atoms with E-state index in [0.29, 0.717) is 26.4 Å². The van der Waals surface area contributed by atoms with Gasteiger partial charge in [0.25, 0.3) is 0 Å². The Morgan fingerprint density at radius 1 is 0.477 bits per heavy atom. The minimum Gasteiger partial charge on any atom is -0.493 e. The second kappa shape index (κ2) is 18.0. The molecule has 0 aliphatic heterocycles. The Hall–Kier alpha value is -4.00. The molecule has 4 rings (SSSR count). The van der Waals surface area contributed by atoms with Crippen LogP contribution in [0.1, 0.15) is 38.5 Å². The van der Waals surface area contributed by atoms with E-state index in [4.69, 9.17) is 18.9 Å². The maximum atomic E-state index is 6.37. The van der Waals surface area contributed by atoms with Crippen molar-refractivity contribution in [2.45, 2.75) is 38.5 Å². The second-order valence-corrected chi connectivity index (χ2v) is 11.8. The molecule has 0 radical (unpaired) electrons. The van der Waals surface area contributed by atoms with Crippen LogP contribution in [0.15, 0.2) is 110 Å². The lowest BCUT2D eigenvalue weighted by Gasteiger charge is -2.18. The van der Waals surface area contributed by atoms with Crippen molar-refractivity contribution in [1.29, 1.82) is 0 Å². The van der Waals surface area contributed by atoms with Crippen LogP contribution in [0.3, 0.4) is 0 Å². The maximum Gasteiger partial charge on any atom is 0.130 e. The summed E-state index contributed by atoms with van der Waals surface area (Å²) in [5, 5.41) is 4.27. The first-order valence-electron chi connectivity index (χ1n) is 15.1. The summed E-state index contributed by atoms with van der Waals surface area (Å²) < 4.78 is 25.3. The van der Waals surface area contributed by atoms with Crippen molar-refractivity contribution in [3.63, 3.8) is 0 Å². The molecule has 0 amide bonds. The Balaban J connectivity index is 1.80. The third-order valence-corrected chi connectivity index (χ3v) is 8.82. The van der Waals surface area contributed by atoms with Crippen LogP contribution in [0.2, 0.25) is 0 Å². The second-order valence-electron chi connectivity index (χ2n) is 10.00. The average Bonchev–Trinajstić information content (AvgIpc) is 3.72. The van der Waals surface area contributed by atoms with E-state index in [0.717, 1.165) is 93.5 Å². The minimum absolute atomic E-state index is 0.541. The van der Waals surface area contributed by atoms with Gasteiger partial charge in [-0.1, -0.05) is 36.4 Å². The maximum absolute atomic E-state index is 6.37. The number of rotatable bonds is 21. The van der Waals surface area contributed by atoms with Gasteiger partial charge in [0.15, 0.2) is 0 Å². The van der Waals surface area contributed by atoms with Crippen LogP contribution in [0, 0.1) is 0 Å². The van der Waals surface area contributed by atoms with Crippen LogP contribution in [0.4, 0.5) is 0 Å². The molecule has 44 heavy (non-hydrogen) atoms. The van der Waals surface area contributed by atoms with Gasteiger partial charge in [-0.05, 0) is 85.7 Å². The van der Waals surface area contributed by atoms with Gasteiger partial charge >= 0.3 is 0 Å². The van der Waals surface area contributed by atoms with Gasteiger partial charge in [0, 0.05) is 11.1 Å². The minimum atomic E-state index is 0.541. The van der Waals surface area contributed by atoms with Crippen LogP contribution >= 0.6 is 22.7 Å². The number of thiophene rings is 2. The largest absolute Gasteiger partial charge is 0.493 e. The van der Waals surface area contributed by atoms with Crippen LogP contribution in [0.25, 0.3) is 32.0 Å². The molecule has 0 fully saturated rings. The predicted molar refractivity (Wildman–Crippen MR) is 189 cm³/mol. The third-order valence-electron chi connectivity index (χ3n) is 6.83. The monoisotopic (exact) mass is 626 g/mol. The van der Waals surface area contributed by atoms with Crippen molar-refractivity contribution in [2.24, 2.45) is 0 Å². The fraction of sp³-hybridized carbons (Fsp3) is 0.263. The molecule has 230 valence electrons. The van der Waals surface area contributed by atoms with E-state index >= 15 is 0 Å². The normalized spacial score (nSPS) is 10.6. The summed E-state index contributed by atoms with van der Waals surface area (Å²) in [6.45, 7) is 17.7. The Morgan fingerprint density at radius 3 is 1.20 bits per heavy atom. The molecule has 0 unspecified atom stereocenters. The average molecular weight is 627 g/mol. The van der Waals surface area contributed by atoms with Crippen LogP contribution in [-0.4, -0.2) is 26.4 Å². The Kier molecular flexibility index (Phi) is 13.4. The van der Waals surface area contributed by atoms with Gasteiger partial charge in [-0.15, -0.1) is 49.0 Å². The lowest BCUT2D eigenvalue weighted by molar-refractivity contribution is 0.299.